The SMILES string of the molecule is CCCc1cc(-c2nc(-c3cc4ccccc4oc3=O)cs2)ccn1. The Labute approximate surface area is 148 Å². The molecule has 0 bridgehead atoms. The van der Waals surface area contributed by atoms with Crippen LogP contribution in [0.2, 0.25) is 0 Å². The smallest absolute Gasteiger partial charge is 0.345 e. The lowest BCUT2D eigenvalue weighted by molar-refractivity contribution is 0.563. The first-order chi connectivity index (χ1) is 12.2. The highest BCUT2D eigenvalue weighted by molar-refractivity contribution is 7.13. The van der Waals surface area contributed by atoms with Gasteiger partial charge < -0.3 is 4.42 Å². The first-order valence-corrected chi connectivity index (χ1v) is 9.06. The summed E-state index contributed by atoms with van der Waals surface area (Å²) in [5.74, 6) is 0. The molecule has 0 saturated heterocycles. The standard InChI is InChI=1S/C20H16N2O2S/c1-2-5-15-10-14(8-9-21-15)19-22-17(12-25-19)16-11-13-6-3-4-7-18(13)24-20(16)23/h3-4,6-12H,2,5H2,1H3. The van der Waals surface area contributed by atoms with Crippen LogP contribution in [0.4, 0.5) is 0 Å². The number of benzene rings is 1. The minimum atomic E-state index is -0.364. The van der Waals surface area contributed by atoms with Gasteiger partial charge in [-0.25, -0.2) is 9.78 Å². The molecule has 3 heterocycles. The number of nitrogens with zero attached hydrogens (tertiary/aromatic N) is 2. The fourth-order valence-electron chi connectivity index (χ4n) is 2.77. The maximum atomic E-state index is 12.3. The summed E-state index contributed by atoms with van der Waals surface area (Å²) >= 11 is 1.52. The molecule has 124 valence electrons. The number of pyridine rings is 1. The monoisotopic (exact) mass is 348 g/mol. The fourth-order valence-corrected chi connectivity index (χ4v) is 3.59. The Balaban J connectivity index is 1.75. The number of hydrogen-bond donors (Lipinski definition) is 0. The third-order valence-corrected chi connectivity index (χ3v) is 4.88. The van der Waals surface area contributed by atoms with Crippen molar-refractivity contribution in [1.82, 2.24) is 9.97 Å². The highest BCUT2D eigenvalue weighted by Gasteiger charge is 2.12. The molecule has 0 aliphatic carbocycles. The molecule has 3 aromatic heterocycles. The Kier molecular flexibility index (Phi) is 4.15. The van der Waals surface area contributed by atoms with Crippen molar-refractivity contribution in [2.45, 2.75) is 19.8 Å². The summed E-state index contributed by atoms with van der Waals surface area (Å²) in [4.78, 5) is 21.3. The third kappa shape index (κ3) is 3.10. The molecule has 0 radical (unpaired) electrons. The molecular formula is C20H16N2O2S. The van der Waals surface area contributed by atoms with Crippen LogP contribution in [-0.4, -0.2) is 9.97 Å². The Bertz CT molecular complexity index is 1100. The highest BCUT2D eigenvalue weighted by atomic mass is 32.1. The van der Waals surface area contributed by atoms with Crippen LogP contribution in [0, 0.1) is 0 Å². The molecule has 0 N–H and O–H groups in total. The number of fused-ring (bicyclic) bond motifs is 1. The van der Waals surface area contributed by atoms with E-state index >= 15 is 0 Å². The lowest BCUT2D eigenvalue weighted by Gasteiger charge is -2.01. The lowest BCUT2D eigenvalue weighted by atomic mass is 10.1. The summed E-state index contributed by atoms with van der Waals surface area (Å²) < 4.78 is 5.41. The van der Waals surface area contributed by atoms with Crippen LogP contribution in [0.3, 0.4) is 0 Å². The number of para-hydroxylation sites is 1. The fraction of sp³-hybridized carbons (Fsp3) is 0.150. The molecule has 0 unspecified atom stereocenters. The zero-order chi connectivity index (χ0) is 17.2. The Morgan fingerprint density at radius 1 is 1.16 bits per heavy atom. The van der Waals surface area contributed by atoms with Gasteiger partial charge in [-0.2, -0.15) is 0 Å². The largest absolute Gasteiger partial charge is 0.422 e. The van der Waals surface area contributed by atoms with Gasteiger partial charge in [-0.1, -0.05) is 31.5 Å². The van der Waals surface area contributed by atoms with Crippen molar-refractivity contribution in [3.05, 3.63) is 70.2 Å². The highest BCUT2D eigenvalue weighted by Crippen LogP contribution is 2.29. The zero-order valence-corrected chi connectivity index (χ0v) is 14.5. The summed E-state index contributed by atoms with van der Waals surface area (Å²) in [7, 11) is 0. The summed E-state index contributed by atoms with van der Waals surface area (Å²) in [5, 5.41) is 3.67. The molecule has 0 spiro atoms. The average Bonchev–Trinajstić information content (AvgIpc) is 3.11. The molecule has 0 aliphatic rings. The third-order valence-electron chi connectivity index (χ3n) is 3.99. The summed E-state index contributed by atoms with van der Waals surface area (Å²) in [6, 6.07) is 13.3. The minimum absolute atomic E-state index is 0.364. The molecule has 25 heavy (non-hydrogen) atoms. The van der Waals surface area contributed by atoms with Gasteiger partial charge in [0, 0.05) is 28.2 Å². The van der Waals surface area contributed by atoms with E-state index in [1.807, 2.05) is 41.9 Å². The number of aryl methyl sites for hydroxylation is 1. The van der Waals surface area contributed by atoms with Crippen molar-refractivity contribution in [2.75, 3.05) is 0 Å². The van der Waals surface area contributed by atoms with Gasteiger partial charge in [-0.3, -0.25) is 4.98 Å². The van der Waals surface area contributed by atoms with Crippen LogP contribution >= 0.6 is 11.3 Å². The normalized spacial score (nSPS) is 11.1. The van der Waals surface area contributed by atoms with Crippen LogP contribution in [0.15, 0.2) is 63.3 Å². The maximum Gasteiger partial charge on any atom is 0.345 e. The predicted octanol–water partition coefficient (Wildman–Crippen LogP) is 4.93. The van der Waals surface area contributed by atoms with E-state index in [4.69, 9.17) is 4.42 Å². The van der Waals surface area contributed by atoms with Crippen LogP contribution in [-0.2, 0) is 6.42 Å². The zero-order valence-electron chi connectivity index (χ0n) is 13.7. The summed E-state index contributed by atoms with van der Waals surface area (Å²) in [6.45, 7) is 2.13. The van der Waals surface area contributed by atoms with Crippen molar-refractivity contribution in [1.29, 1.82) is 0 Å². The topological polar surface area (TPSA) is 56.0 Å². The first-order valence-electron chi connectivity index (χ1n) is 8.18. The van der Waals surface area contributed by atoms with Gasteiger partial charge >= 0.3 is 5.63 Å². The van der Waals surface area contributed by atoms with E-state index in [0.717, 1.165) is 34.5 Å². The van der Waals surface area contributed by atoms with Crippen molar-refractivity contribution in [3.63, 3.8) is 0 Å². The van der Waals surface area contributed by atoms with E-state index in [1.165, 1.54) is 11.3 Å². The van der Waals surface area contributed by atoms with Gasteiger partial charge in [0.2, 0.25) is 0 Å². The van der Waals surface area contributed by atoms with Crippen LogP contribution < -0.4 is 5.63 Å². The van der Waals surface area contributed by atoms with E-state index in [0.29, 0.717) is 16.8 Å². The Morgan fingerprint density at radius 3 is 2.92 bits per heavy atom. The molecular weight excluding hydrogens is 332 g/mol. The number of thiazole rings is 1. The van der Waals surface area contributed by atoms with E-state index < -0.39 is 0 Å². The summed E-state index contributed by atoms with van der Waals surface area (Å²) in [5.41, 5.74) is 3.45. The molecule has 0 atom stereocenters. The van der Waals surface area contributed by atoms with E-state index in [-0.39, 0.29) is 5.63 Å². The van der Waals surface area contributed by atoms with Crippen LogP contribution in [0.5, 0.6) is 0 Å². The van der Waals surface area contributed by atoms with Crippen molar-refractivity contribution in [2.24, 2.45) is 0 Å². The Morgan fingerprint density at radius 2 is 2.04 bits per heavy atom. The maximum absolute atomic E-state index is 12.3. The molecule has 1 aromatic carbocycles. The molecule has 0 fully saturated rings. The van der Waals surface area contributed by atoms with Gasteiger partial charge in [-0.15, -0.1) is 11.3 Å². The van der Waals surface area contributed by atoms with Gasteiger partial charge in [0.1, 0.15) is 10.6 Å². The second-order valence-corrected chi connectivity index (χ2v) is 6.67. The number of hydrogen-bond acceptors (Lipinski definition) is 5. The van der Waals surface area contributed by atoms with Gasteiger partial charge in [0.15, 0.2) is 0 Å². The average molecular weight is 348 g/mol. The van der Waals surface area contributed by atoms with Crippen molar-refractivity contribution < 1.29 is 4.42 Å². The second-order valence-electron chi connectivity index (χ2n) is 5.81. The second kappa shape index (κ2) is 6.61. The molecule has 0 saturated carbocycles. The first kappa shape index (κ1) is 15.7. The molecule has 4 rings (SSSR count). The Hall–Kier alpha value is -2.79. The van der Waals surface area contributed by atoms with Crippen molar-refractivity contribution in [3.8, 4) is 21.8 Å². The van der Waals surface area contributed by atoms with Crippen LogP contribution in [0.25, 0.3) is 32.8 Å². The minimum Gasteiger partial charge on any atom is -0.422 e. The van der Waals surface area contributed by atoms with E-state index in [9.17, 15) is 4.79 Å². The van der Waals surface area contributed by atoms with Crippen LogP contribution in [0.1, 0.15) is 19.0 Å². The lowest BCUT2D eigenvalue weighted by Crippen LogP contribution is -2.02. The number of rotatable bonds is 4. The van der Waals surface area contributed by atoms with Crippen molar-refractivity contribution >= 4 is 22.3 Å². The molecule has 0 amide bonds. The predicted molar refractivity (Wildman–Crippen MR) is 101 cm³/mol. The van der Waals surface area contributed by atoms with E-state index in [1.54, 1.807) is 6.07 Å². The summed E-state index contributed by atoms with van der Waals surface area (Å²) in [6.07, 6.45) is 3.81. The molecule has 0 aliphatic heterocycles. The van der Waals surface area contributed by atoms with Gasteiger partial charge in [0.05, 0.1) is 11.3 Å². The van der Waals surface area contributed by atoms with Gasteiger partial charge in [-0.05, 0) is 30.7 Å². The van der Waals surface area contributed by atoms with Gasteiger partial charge in [0.25, 0.3) is 0 Å². The quantitative estimate of drug-likeness (QED) is 0.491. The van der Waals surface area contributed by atoms with E-state index in [2.05, 4.69) is 23.0 Å². The number of aromatic nitrogens is 2. The molecule has 4 nitrogen and oxygen atoms in total. The molecule has 5 heteroatoms. The molecule has 4 aromatic rings.